The Morgan fingerprint density at radius 3 is 2.65 bits per heavy atom. The highest BCUT2D eigenvalue weighted by atomic mass is 32.2. The van der Waals surface area contributed by atoms with Crippen molar-refractivity contribution in [2.45, 2.75) is 11.7 Å². The standard InChI is InChI=1S/C28H23FN4O3S/c1-36-20-11-7-8-18(14-20)16-33-27(35)26-25(21(15-30-26)19-9-3-2-4-10-19)32-28(33)37-17-24(34)31-23-13-6-5-12-22(23)29/h2-15,30H,16-17H2,1H3,(H,31,34). The SMILES string of the molecule is COc1cccc(Cn2c(SCC(=O)Nc3ccccc3F)nc3c(-c4ccccc4)c[nH]c3c2=O)c1. The summed E-state index contributed by atoms with van der Waals surface area (Å²) < 4.78 is 20.8. The van der Waals surface area contributed by atoms with E-state index >= 15 is 0 Å². The molecule has 0 fully saturated rings. The first kappa shape index (κ1) is 24.3. The van der Waals surface area contributed by atoms with Gasteiger partial charge in [-0.15, -0.1) is 0 Å². The molecule has 0 aliphatic heterocycles. The lowest BCUT2D eigenvalue weighted by atomic mass is 10.1. The molecule has 0 bridgehead atoms. The summed E-state index contributed by atoms with van der Waals surface area (Å²) in [5.41, 5.74) is 3.29. The average molecular weight is 515 g/mol. The largest absolute Gasteiger partial charge is 0.497 e. The quantitative estimate of drug-likeness (QED) is 0.216. The van der Waals surface area contributed by atoms with Crippen molar-refractivity contribution in [3.63, 3.8) is 0 Å². The lowest BCUT2D eigenvalue weighted by Crippen LogP contribution is -2.25. The fourth-order valence-electron chi connectivity index (χ4n) is 3.99. The third-order valence-electron chi connectivity index (χ3n) is 5.79. The fraction of sp³-hybridized carbons (Fsp3) is 0.107. The molecule has 0 unspecified atom stereocenters. The Balaban J connectivity index is 1.52. The number of aromatic amines is 1. The zero-order valence-corrected chi connectivity index (χ0v) is 20.7. The van der Waals surface area contributed by atoms with Gasteiger partial charge < -0.3 is 15.0 Å². The number of ether oxygens (including phenoxy) is 1. The minimum Gasteiger partial charge on any atom is -0.497 e. The van der Waals surface area contributed by atoms with Crippen LogP contribution in [0.15, 0.2) is 95.0 Å². The summed E-state index contributed by atoms with van der Waals surface area (Å²) in [5.74, 6) is -0.315. The third-order valence-corrected chi connectivity index (χ3v) is 6.77. The molecule has 0 aliphatic rings. The zero-order valence-electron chi connectivity index (χ0n) is 19.9. The van der Waals surface area contributed by atoms with Crippen molar-refractivity contribution >= 4 is 34.4 Å². The Morgan fingerprint density at radius 2 is 1.86 bits per heavy atom. The summed E-state index contributed by atoms with van der Waals surface area (Å²) in [5, 5.41) is 2.95. The maximum Gasteiger partial charge on any atom is 0.278 e. The van der Waals surface area contributed by atoms with Gasteiger partial charge in [0.05, 0.1) is 25.1 Å². The number of carbonyl (C=O) groups is 1. The molecule has 7 nitrogen and oxygen atoms in total. The molecule has 186 valence electrons. The Labute approximate surface area is 216 Å². The van der Waals surface area contributed by atoms with Crippen molar-refractivity contribution < 1.29 is 13.9 Å². The maximum atomic E-state index is 14.0. The molecule has 0 saturated heterocycles. The van der Waals surface area contributed by atoms with Gasteiger partial charge in [-0.05, 0) is 35.4 Å². The van der Waals surface area contributed by atoms with Gasteiger partial charge in [0.1, 0.15) is 22.6 Å². The van der Waals surface area contributed by atoms with Crippen LogP contribution >= 0.6 is 11.8 Å². The Kier molecular flexibility index (Phi) is 7.04. The van der Waals surface area contributed by atoms with E-state index in [0.717, 1.165) is 28.5 Å². The van der Waals surface area contributed by atoms with Crippen LogP contribution in [0.25, 0.3) is 22.2 Å². The van der Waals surface area contributed by atoms with Crippen LogP contribution in [-0.4, -0.2) is 33.3 Å². The molecule has 2 aromatic heterocycles. The number of amides is 1. The predicted molar refractivity (Wildman–Crippen MR) is 144 cm³/mol. The van der Waals surface area contributed by atoms with E-state index in [-0.39, 0.29) is 23.5 Å². The third kappa shape index (κ3) is 5.26. The number of nitrogens with one attached hydrogen (secondary N) is 2. The Hall–Kier alpha value is -4.37. The average Bonchev–Trinajstić information content (AvgIpc) is 3.35. The molecule has 5 aromatic rings. The lowest BCUT2D eigenvalue weighted by molar-refractivity contribution is -0.113. The van der Waals surface area contributed by atoms with Gasteiger partial charge in [0, 0.05) is 11.8 Å². The summed E-state index contributed by atoms with van der Waals surface area (Å²) in [6.07, 6.45) is 1.77. The van der Waals surface area contributed by atoms with Crippen LogP contribution in [0.2, 0.25) is 0 Å². The second kappa shape index (κ2) is 10.7. The first-order chi connectivity index (χ1) is 18.0. The number of hydrogen-bond acceptors (Lipinski definition) is 5. The van der Waals surface area contributed by atoms with Crippen LogP contribution in [0.1, 0.15) is 5.56 Å². The van der Waals surface area contributed by atoms with Gasteiger partial charge in [0.15, 0.2) is 5.16 Å². The van der Waals surface area contributed by atoms with Crippen LogP contribution in [-0.2, 0) is 11.3 Å². The number of carbonyl (C=O) groups excluding carboxylic acids is 1. The molecule has 37 heavy (non-hydrogen) atoms. The second-order valence-corrected chi connectivity index (χ2v) is 9.19. The van der Waals surface area contributed by atoms with E-state index < -0.39 is 11.7 Å². The molecule has 3 aromatic carbocycles. The molecular weight excluding hydrogens is 491 g/mol. The number of halogens is 1. The Bertz CT molecular complexity index is 1630. The molecule has 0 spiro atoms. The number of methoxy groups -OCH3 is 1. The summed E-state index contributed by atoms with van der Waals surface area (Å²) >= 11 is 1.12. The van der Waals surface area contributed by atoms with E-state index in [1.165, 1.54) is 16.7 Å². The minimum absolute atomic E-state index is 0.0600. The van der Waals surface area contributed by atoms with Crippen LogP contribution in [0.5, 0.6) is 5.75 Å². The van der Waals surface area contributed by atoms with E-state index in [9.17, 15) is 14.0 Å². The van der Waals surface area contributed by atoms with Crippen molar-refractivity contribution in [3.05, 3.63) is 107 Å². The number of thioether (sulfide) groups is 1. The van der Waals surface area contributed by atoms with Gasteiger partial charge in [-0.3, -0.25) is 14.2 Å². The monoisotopic (exact) mass is 514 g/mol. The van der Waals surface area contributed by atoms with Crippen LogP contribution in [0.4, 0.5) is 10.1 Å². The normalized spacial score (nSPS) is 11.0. The summed E-state index contributed by atoms with van der Waals surface area (Å²) in [6, 6.07) is 23.0. The first-order valence-corrected chi connectivity index (χ1v) is 12.5. The van der Waals surface area contributed by atoms with Gasteiger partial charge in [0.25, 0.3) is 5.56 Å². The summed E-state index contributed by atoms with van der Waals surface area (Å²) in [6.45, 7) is 0.232. The molecule has 0 atom stereocenters. The number of rotatable bonds is 8. The number of hydrogen-bond donors (Lipinski definition) is 2. The van der Waals surface area contributed by atoms with Gasteiger partial charge in [0.2, 0.25) is 5.91 Å². The molecule has 2 heterocycles. The summed E-state index contributed by atoms with van der Waals surface area (Å²) in [7, 11) is 1.58. The number of fused-ring (bicyclic) bond motifs is 1. The highest BCUT2D eigenvalue weighted by Crippen LogP contribution is 2.28. The van der Waals surface area contributed by atoms with Gasteiger partial charge in [-0.2, -0.15) is 0 Å². The topological polar surface area (TPSA) is 89.0 Å². The lowest BCUT2D eigenvalue weighted by Gasteiger charge is -2.13. The molecule has 5 rings (SSSR count). The smallest absolute Gasteiger partial charge is 0.278 e. The highest BCUT2D eigenvalue weighted by Gasteiger charge is 2.18. The van der Waals surface area contributed by atoms with Gasteiger partial charge in [-0.1, -0.05) is 66.4 Å². The number of benzene rings is 3. The number of anilines is 1. The molecule has 0 aliphatic carbocycles. The molecule has 9 heteroatoms. The predicted octanol–water partition coefficient (Wildman–Crippen LogP) is 5.32. The number of H-pyrrole nitrogens is 1. The minimum atomic E-state index is -0.518. The van der Waals surface area contributed by atoms with Gasteiger partial charge >= 0.3 is 0 Å². The van der Waals surface area contributed by atoms with Crippen molar-refractivity contribution in [1.82, 2.24) is 14.5 Å². The van der Waals surface area contributed by atoms with E-state index in [4.69, 9.17) is 9.72 Å². The molecular formula is C28H23FN4O3S. The van der Waals surface area contributed by atoms with E-state index in [0.29, 0.717) is 21.9 Å². The second-order valence-electron chi connectivity index (χ2n) is 8.25. The number of aromatic nitrogens is 3. The number of nitrogens with zero attached hydrogens (tertiary/aromatic N) is 2. The zero-order chi connectivity index (χ0) is 25.8. The summed E-state index contributed by atoms with van der Waals surface area (Å²) in [4.78, 5) is 34.2. The van der Waals surface area contributed by atoms with Crippen molar-refractivity contribution in [3.8, 4) is 16.9 Å². The Morgan fingerprint density at radius 1 is 1.08 bits per heavy atom. The first-order valence-electron chi connectivity index (χ1n) is 11.5. The van der Waals surface area contributed by atoms with E-state index in [1.807, 2.05) is 54.6 Å². The molecule has 0 radical (unpaired) electrons. The van der Waals surface area contributed by atoms with Crippen molar-refractivity contribution in [1.29, 1.82) is 0 Å². The highest BCUT2D eigenvalue weighted by molar-refractivity contribution is 7.99. The maximum absolute atomic E-state index is 14.0. The fourth-order valence-corrected chi connectivity index (χ4v) is 4.78. The van der Waals surface area contributed by atoms with Crippen LogP contribution < -0.4 is 15.6 Å². The van der Waals surface area contributed by atoms with Crippen LogP contribution in [0.3, 0.4) is 0 Å². The van der Waals surface area contributed by atoms with E-state index in [1.54, 1.807) is 25.4 Å². The van der Waals surface area contributed by atoms with Gasteiger partial charge in [-0.25, -0.2) is 9.37 Å². The molecule has 0 saturated carbocycles. The van der Waals surface area contributed by atoms with E-state index in [2.05, 4.69) is 10.3 Å². The van der Waals surface area contributed by atoms with Crippen molar-refractivity contribution in [2.24, 2.45) is 0 Å². The number of para-hydroxylation sites is 1. The van der Waals surface area contributed by atoms with Crippen molar-refractivity contribution in [2.75, 3.05) is 18.2 Å². The van der Waals surface area contributed by atoms with Crippen LogP contribution in [0, 0.1) is 5.82 Å². The molecule has 1 amide bonds. The molecule has 2 N–H and O–H groups in total.